The van der Waals surface area contributed by atoms with E-state index in [-0.39, 0.29) is 17.7 Å². The average Bonchev–Trinajstić information content (AvgIpc) is 2.97. The van der Waals surface area contributed by atoms with Crippen molar-refractivity contribution in [2.75, 3.05) is 26.0 Å². The molecule has 5 rings (SSSR count). The quantitative estimate of drug-likeness (QED) is 0.286. The number of carbonyl (C=O) groups is 1. The lowest BCUT2D eigenvalue weighted by molar-refractivity contribution is 0.0956. The summed E-state index contributed by atoms with van der Waals surface area (Å²) < 4.78 is 1.47. The maximum Gasteiger partial charge on any atom is 0.263 e. The highest BCUT2D eigenvalue weighted by Crippen LogP contribution is 2.17. The van der Waals surface area contributed by atoms with Crippen molar-refractivity contribution in [1.29, 1.82) is 0 Å². The molecule has 0 spiro atoms. The molecule has 2 N–H and O–H groups in total. The Balaban J connectivity index is 1.19. The summed E-state index contributed by atoms with van der Waals surface area (Å²) in [6.45, 7) is 1.26. The van der Waals surface area contributed by atoms with E-state index in [0.29, 0.717) is 23.7 Å². The average molecular weight is 545 g/mol. The van der Waals surface area contributed by atoms with Crippen LogP contribution in [0.5, 0.6) is 0 Å². The lowest BCUT2D eigenvalue weighted by Gasteiger charge is -2.10. The molecule has 5 aromatic rings. The standard InChI is InChI=1S/C31H28N8O2/c1-38(2)20-22-9-11-25(12-10-22)36-31-35-18-24-16-26(34-19-28(24)37-31)7-4-14-33-29(40)27-8-5-15-39(30(27)41)21-23-6-3-13-32-17-23/h3,5-6,8-13,15-19H,14,20-21H2,1-2H3,(H,33,40)(H,35,36,37). The zero-order valence-electron chi connectivity index (χ0n) is 22.7. The van der Waals surface area contributed by atoms with Gasteiger partial charge in [-0.2, -0.15) is 0 Å². The van der Waals surface area contributed by atoms with Gasteiger partial charge in [0.1, 0.15) is 11.3 Å². The summed E-state index contributed by atoms with van der Waals surface area (Å²) in [7, 11) is 4.07. The van der Waals surface area contributed by atoms with Crippen molar-refractivity contribution in [2.24, 2.45) is 0 Å². The number of nitrogens with zero attached hydrogens (tertiary/aromatic N) is 6. The summed E-state index contributed by atoms with van der Waals surface area (Å²) >= 11 is 0. The van der Waals surface area contributed by atoms with Crippen LogP contribution in [0.2, 0.25) is 0 Å². The van der Waals surface area contributed by atoms with Gasteiger partial charge in [-0.05, 0) is 67.5 Å². The molecule has 0 saturated carbocycles. The predicted octanol–water partition coefficient (Wildman–Crippen LogP) is 3.22. The predicted molar refractivity (Wildman–Crippen MR) is 158 cm³/mol. The molecule has 4 aromatic heterocycles. The zero-order valence-corrected chi connectivity index (χ0v) is 22.7. The molecule has 4 heterocycles. The molecule has 1 aromatic carbocycles. The molecule has 0 aliphatic rings. The first kappa shape index (κ1) is 27.2. The maximum atomic E-state index is 12.8. The van der Waals surface area contributed by atoms with Crippen LogP contribution >= 0.6 is 0 Å². The summed E-state index contributed by atoms with van der Waals surface area (Å²) in [6.07, 6.45) is 8.35. The van der Waals surface area contributed by atoms with E-state index in [0.717, 1.165) is 23.2 Å². The van der Waals surface area contributed by atoms with E-state index in [1.54, 1.807) is 49.2 Å². The molecule has 0 unspecified atom stereocenters. The number of amides is 1. The summed E-state index contributed by atoms with van der Waals surface area (Å²) in [5.74, 6) is 5.80. The molecule has 0 aliphatic carbocycles. The lowest BCUT2D eigenvalue weighted by Crippen LogP contribution is -2.33. The fourth-order valence-corrected chi connectivity index (χ4v) is 4.13. The second kappa shape index (κ2) is 12.6. The molecule has 0 atom stereocenters. The van der Waals surface area contributed by atoms with E-state index in [1.165, 1.54) is 16.2 Å². The number of pyridine rings is 3. The molecule has 10 nitrogen and oxygen atoms in total. The van der Waals surface area contributed by atoms with Crippen molar-refractivity contribution in [3.05, 3.63) is 118 Å². The number of fused-ring (bicyclic) bond motifs is 1. The van der Waals surface area contributed by atoms with E-state index >= 15 is 0 Å². The summed E-state index contributed by atoms with van der Waals surface area (Å²) in [4.78, 5) is 44.9. The third-order valence-electron chi connectivity index (χ3n) is 6.07. The number of carbonyl (C=O) groups excluding carboxylic acids is 1. The first-order valence-corrected chi connectivity index (χ1v) is 12.9. The minimum Gasteiger partial charge on any atom is -0.341 e. The number of hydrogen-bond donors (Lipinski definition) is 2. The molecule has 204 valence electrons. The van der Waals surface area contributed by atoms with Crippen LogP contribution in [0, 0.1) is 11.8 Å². The second-order valence-electron chi connectivity index (χ2n) is 9.58. The SMILES string of the molecule is CN(C)Cc1ccc(Nc2ncc3cc(C#CCNC(=O)c4cccn(Cc5cccnc5)c4=O)ncc3n2)cc1. The van der Waals surface area contributed by atoms with Gasteiger partial charge < -0.3 is 20.1 Å². The molecule has 0 bridgehead atoms. The zero-order chi connectivity index (χ0) is 28.6. The van der Waals surface area contributed by atoms with Gasteiger partial charge in [0, 0.05) is 42.4 Å². The van der Waals surface area contributed by atoms with Gasteiger partial charge in [0.05, 0.1) is 24.8 Å². The smallest absolute Gasteiger partial charge is 0.263 e. The summed E-state index contributed by atoms with van der Waals surface area (Å²) in [5, 5.41) is 6.69. The van der Waals surface area contributed by atoms with Gasteiger partial charge in [-0.15, -0.1) is 0 Å². The Morgan fingerprint density at radius 2 is 1.85 bits per heavy atom. The van der Waals surface area contributed by atoms with E-state index < -0.39 is 5.91 Å². The van der Waals surface area contributed by atoms with Crippen LogP contribution in [0.4, 0.5) is 11.6 Å². The van der Waals surface area contributed by atoms with Crippen LogP contribution in [0.25, 0.3) is 10.9 Å². The van der Waals surface area contributed by atoms with Gasteiger partial charge in [-0.3, -0.25) is 14.6 Å². The third kappa shape index (κ3) is 7.17. The summed E-state index contributed by atoms with van der Waals surface area (Å²) in [6, 6.07) is 16.8. The summed E-state index contributed by atoms with van der Waals surface area (Å²) in [5.41, 5.74) is 3.85. The Morgan fingerprint density at radius 1 is 1.00 bits per heavy atom. The van der Waals surface area contributed by atoms with Crippen molar-refractivity contribution < 1.29 is 4.79 Å². The second-order valence-corrected chi connectivity index (χ2v) is 9.58. The van der Waals surface area contributed by atoms with Crippen LogP contribution in [0.15, 0.2) is 90.4 Å². The fourth-order valence-electron chi connectivity index (χ4n) is 4.13. The Bertz CT molecular complexity index is 1790. The van der Waals surface area contributed by atoms with Crippen LogP contribution in [0.1, 0.15) is 27.2 Å². The van der Waals surface area contributed by atoms with Gasteiger partial charge in [0.25, 0.3) is 11.5 Å². The minimum atomic E-state index is -0.489. The van der Waals surface area contributed by atoms with Gasteiger partial charge in [0.2, 0.25) is 5.95 Å². The highest BCUT2D eigenvalue weighted by molar-refractivity contribution is 5.93. The van der Waals surface area contributed by atoms with Crippen molar-refractivity contribution >= 4 is 28.4 Å². The Hall–Kier alpha value is -5.40. The van der Waals surface area contributed by atoms with Gasteiger partial charge >= 0.3 is 0 Å². The number of hydrogen-bond acceptors (Lipinski definition) is 8. The van der Waals surface area contributed by atoms with Crippen LogP contribution < -0.4 is 16.2 Å². The monoisotopic (exact) mass is 544 g/mol. The number of rotatable bonds is 8. The molecule has 0 radical (unpaired) electrons. The lowest BCUT2D eigenvalue weighted by atomic mass is 10.2. The molecule has 0 aliphatic heterocycles. The first-order chi connectivity index (χ1) is 19.9. The van der Waals surface area contributed by atoms with Crippen molar-refractivity contribution in [1.82, 2.24) is 34.7 Å². The number of aromatic nitrogens is 5. The molecule has 41 heavy (non-hydrogen) atoms. The highest BCUT2D eigenvalue weighted by Gasteiger charge is 2.11. The van der Waals surface area contributed by atoms with E-state index in [4.69, 9.17) is 0 Å². The molecule has 1 amide bonds. The van der Waals surface area contributed by atoms with E-state index in [9.17, 15) is 9.59 Å². The number of nitrogens with one attached hydrogen (secondary N) is 2. The van der Waals surface area contributed by atoms with Crippen molar-refractivity contribution in [3.8, 4) is 11.8 Å². The minimum absolute atomic E-state index is 0.0492. The molecular formula is C31H28N8O2. The normalized spacial score (nSPS) is 10.7. The van der Waals surface area contributed by atoms with Crippen LogP contribution in [-0.4, -0.2) is 56.0 Å². The molecular weight excluding hydrogens is 516 g/mol. The maximum absolute atomic E-state index is 12.8. The first-order valence-electron chi connectivity index (χ1n) is 12.9. The van der Waals surface area contributed by atoms with Gasteiger partial charge in [-0.25, -0.2) is 15.0 Å². The molecule has 10 heteroatoms. The molecule has 0 fully saturated rings. The van der Waals surface area contributed by atoms with Crippen LogP contribution in [-0.2, 0) is 13.1 Å². The fraction of sp³-hybridized carbons (Fsp3) is 0.161. The Labute approximate surface area is 237 Å². The third-order valence-corrected chi connectivity index (χ3v) is 6.07. The van der Waals surface area contributed by atoms with Crippen LogP contribution in [0.3, 0.4) is 0 Å². The van der Waals surface area contributed by atoms with Crippen molar-refractivity contribution in [2.45, 2.75) is 13.1 Å². The largest absolute Gasteiger partial charge is 0.341 e. The highest BCUT2D eigenvalue weighted by atomic mass is 16.2. The van der Waals surface area contributed by atoms with E-state index in [2.05, 4.69) is 59.4 Å². The molecule has 0 saturated heterocycles. The topological polar surface area (TPSA) is 118 Å². The Morgan fingerprint density at radius 3 is 2.63 bits per heavy atom. The number of anilines is 2. The van der Waals surface area contributed by atoms with E-state index in [1.807, 2.05) is 32.3 Å². The Kier molecular flexibility index (Phi) is 8.38. The number of benzene rings is 1. The van der Waals surface area contributed by atoms with Gasteiger partial charge in [0.15, 0.2) is 0 Å². The van der Waals surface area contributed by atoms with Gasteiger partial charge in [-0.1, -0.05) is 24.1 Å². The van der Waals surface area contributed by atoms with Crippen molar-refractivity contribution in [3.63, 3.8) is 0 Å².